The van der Waals surface area contributed by atoms with E-state index in [4.69, 9.17) is 4.74 Å². The van der Waals surface area contributed by atoms with Crippen LogP contribution in [0.1, 0.15) is 82.1 Å². The molecular weight excluding hydrogens is 208 g/mol. The van der Waals surface area contributed by atoms with Crippen molar-refractivity contribution in [2.45, 2.75) is 93.3 Å². The molecule has 0 fully saturated rings. The van der Waals surface area contributed by atoms with Gasteiger partial charge >= 0.3 is 0 Å². The van der Waals surface area contributed by atoms with Crippen LogP contribution in [0.25, 0.3) is 0 Å². The molecule has 0 rings (SSSR count). The van der Waals surface area contributed by atoms with Crippen LogP contribution in [0, 0.1) is 10.8 Å². The summed E-state index contributed by atoms with van der Waals surface area (Å²) in [4.78, 5) is 0. The summed E-state index contributed by atoms with van der Waals surface area (Å²) in [5.74, 6) is 0. The predicted molar refractivity (Wildman–Crippen MR) is 77.4 cm³/mol. The van der Waals surface area contributed by atoms with Gasteiger partial charge in [0.25, 0.3) is 0 Å². The van der Waals surface area contributed by atoms with Gasteiger partial charge in [-0.05, 0) is 51.4 Å². The summed E-state index contributed by atoms with van der Waals surface area (Å²) in [5.41, 5.74) is 0.373. The van der Waals surface area contributed by atoms with Gasteiger partial charge in [-0.2, -0.15) is 0 Å². The molecule has 0 aliphatic carbocycles. The van der Waals surface area contributed by atoms with E-state index < -0.39 is 0 Å². The highest BCUT2D eigenvalue weighted by atomic mass is 16.5. The standard InChI is InChI=1S/C16H34O/c1-13(2,3)11-12-16(10,14(4,5)6)17-15(7,8)9/h11-12H2,1-10H3. The first-order valence-electron chi connectivity index (χ1n) is 6.87. The zero-order valence-electron chi connectivity index (χ0n) is 13.8. The second kappa shape index (κ2) is 4.91. The fourth-order valence-corrected chi connectivity index (χ4v) is 1.87. The Balaban J connectivity index is 4.88. The van der Waals surface area contributed by atoms with Crippen molar-refractivity contribution in [1.82, 2.24) is 0 Å². The summed E-state index contributed by atoms with van der Waals surface area (Å²) in [6, 6.07) is 0. The average Bonchev–Trinajstić information content (AvgIpc) is 1.94. The highest BCUT2D eigenvalue weighted by Crippen LogP contribution is 2.42. The van der Waals surface area contributed by atoms with E-state index in [0.29, 0.717) is 5.41 Å². The Bertz CT molecular complexity index is 234. The molecule has 0 N–H and O–H groups in total. The molecule has 1 nitrogen and oxygen atoms in total. The van der Waals surface area contributed by atoms with Gasteiger partial charge in [-0.3, -0.25) is 0 Å². The van der Waals surface area contributed by atoms with E-state index in [0.717, 1.165) is 6.42 Å². The molecule has 0 aromatic rings. The monoisotopic (exact) mass is 242 g/mol. The molecule has 0 saturated carbocycles. The van der Waals surface area contributed by atoms with E-state index in [1.807, 2.05) is 0 Å². The molecule has 0 aromatic carbocycles. The van der Waals surface area contributed by atoms with Crippen molar-refractivity contribution in [1.29, 1.82) is 0 Å². The molecule has 0 aliphatic heterocycles. The van der Waals surface area contributed by atoms with Gasteiger partial charge in [0.1, 0.15) is 0 Å². The smallest absolute Gasteiger partial charge is 0.0709 e. The van der Waals surface area contributed by atoms with Crippen LogP contribution in [0.4, 0.5) is 0 Å². The first-order valence-corrected chi connectivity index (χ1v) is 6.87. The van der Waals surface area contributed by atoms with E-state index in [9.17, 15) is 0 Å². The molecule has 0 spiro atoms. The van der Waals surface area contributed by atoms with Crippen LogP contribution in [-0.4, -0.2) is 11.2 Å². The van der Waals surface area contributed by atoms with Crippen LogP contribution in [0.5, 0.6) is 0 Å². The van der Waals surface area contributed by atoms with Crippen LogP contribution in [0.2, 0.25) is 0 Å². The van der Waals surface area contributed by atoms with Gasteiger partial charge in [0.15, 0.2) is 0 Å². The predicted octanol–water partition coefficient (Wildman–Crippen LogP) is 5.43. The lowest BCUT2D eigenvalue weighted by Gasteiger charge is -2.47. The molecule has 0 heterocycles. The average molecular weight is 242 g/mol. The molecule has 0 amide bonds. The normalized spacial score (nSPS) is 18.0. The molecule has 0 aromatic heterocycles. The van der Waals surface area contributed by atoms with Crippen molar-refractivity contribution in [3.8, 4) is 0 Å². The van der Waals surface area contributed by atoms with E-state index in [2.05, 4.69) is 69.2 Å². The van der Waals surface area contributed by atoms with Gasteiger partial charge in [-0.1, -0.05) is 41.5 Å². The summed E-state index contributed by atoms with van der Waals surface area (Å²) in [6.07, 6.45) is 2.30. The van der Waals surface area contributed by atoms with Crippen molar-refractivity contribution in [3.05, 3.63) is 0 Å². The Kier molecular flexibility index (Phi) is 4.90. The Morgan fingerprint density at radius 2 is 1.06 bits per heavy atom. The van der Waals surface area contributed by atoms with Gasteiger partial charge in [0.05, 0.1) is 11.2 Å². The Morgan fingerprint density at radius 3 is 1.29 bits per heavy atom. The van der Waals surface area contributed by atoms with E-state index in [1.165, 1.54) is 6.42 Å². The minimum absolute atomic E-state index is 0.0709. The lowest BCUT2D eigenvalue weighted by Crippen LogP contribution is -2.47. The molecule has 0 radical (unpaired) electrons. The molecule has 1 unspecified atom stereocenters. The zero-order chi connectivity index (χ0) is 14.1. The van der Waals surface area contributed by atoms with Crippen LogP contribution in [-0.2, 0) is 4.74 Å². The van der Waals surface area contributed by atoms with Crippen LogP contribution >= 0.6 is 0 Å². The number of ether oxygens (including phenoxy) is 1. The first kappa shape index (κ1) is 17.0. The molecule has 1 heteroatoms. The fourth-order valence-electron chi connectivity index (χ4n) is 1.87. The largest absolute Gasteiger partial charge is 0.369 e. The zero-order valence-corrected chi connectivity index (χ0v) is 13.8. The topological polar surface area (TPSA) is 9.23 Å². The van der Waals surface area contributed by atoms with E-state index in [1.54, 1.807) is 0 Å². The third kappa shape index (κ3) is 6.45. The molecule has 17 heavy (non-hydrogen) atoms. The third-order valence-corrected chi connectivity index (χ3v) is 3.47. The summed E-state index contributed by atoms with van der Waals surface area (Å²) in [7, 11) is 0. The first-order chi connectivity index (χ1) is 7.16. The summed E-state index contributed by atoms with van der Waals surface area (Å²) >= 11 is 0. The molecule has 1 atom stereocenters. The van der Waals surface area contributed by atoms with Crippen molar-refractivity contribution >= 4 is 0 Å². The van der Waals surface area contributed by atoms with Crippen LogP contribution < -0.4 is 0 Å². The Hall–Kier alpha value is -0.0400. The number of hydrogen-bond donors (Lipinski definition) is 0. The van der Waals surface area contributed by atoms with Crippen LogP contribution in [0.15, 0.2) is 0 Å². The van der Waals surface area contributed by atoms with E-state index >= 15 is 0 Å². The summed E-state index contributed by atoms with van der Waals surface area (Å²) < 4.78 is 6.39. The van der Waals surface area contributed by atoms with Crippen molar-refractivity contribution in [2.75, 3.05) is 0 Å². The second-order valence-electron chi connectivity index (χ2n) is 8.76. The van der Waals surface area contributed by atoms with Gasteiger partial charge in [0.2, 0.25) is 0 Å². The SMILES string of the molecule is CC(C)(C)CCC(C)(OC(C)(C)C)C(C)(C)C. The van der Waals surface area contributed by atoms with Crippen molar-refractivity contribution < 1.29 is 4.74 Å². The minimum Gasteiger partial charge on any atom is -0.369 e. The minimum atomic E-state index is -0.0834. The Morgan fingerprint density at radius 1 is 0.647 bits per heavy atom. The lowest BCUT2D eigenvalue weighted by atomic mass is 9.72. The van der Waals surface area contributed by atoms with Crippen LogP contribution in [0.3, 0.4) is 0 Å². The van der Waals surface area contributed by atoms with Crippen molar-refractivity contribution in [2.24, 2.45) is 10.8 Å². The van der Waals surface area contributed by atoms with Gasteiger partial charge in [0, 0.05) is 0 Å². The van der Waals surface area contributed by atoms with Gasteiger partial charge < -0.3 is 4.74 Å². The van der Waals surface area contributed by atoms with Crippen molar-refractivity contribution in [3.63, 3.8) is 0 Å². The highest BCUT2D eigenvalue weighted by molar-refractivity contribution is 4.91. The Labute approximate surface area is 109 Å². The van der Waals surface area contributed by atoms with Gasteiger partial charge in [-0.25, -0.2) is 0 Å². The van der Waals surface area contributed by atoms with Gasteiger partial charge in [-0.15, -0.1) is 0 Å². The second-order valence-corrected chi connectivity index (χ2v) is 8.76. The molecule has 0 saturated heterocycles. The molecular formula is C16H34O. The maximum atomic E-state index is 6.39. The summed E-state index contributed by atoms with van der Waals surface area (Å²) in [6.45, 7) is 22.4. The lowest BCUT2D eigenvalue weighted by molar-refractivity contribution is -0.179. The molecule has 104 valence electrons. The molecule has 0 aliphatic rings. The highest BCUT2D eigenvalue weighted by Gasteiger charge is 2.41. The fraction of sp³-hybridized carbons (Fsp3) is 1.00. The molecule has 0 bridgehead atoms. The maximum Gasteiger partial charge on any atom is 0.0709 e. The number of hydrogen-bond acceptors (Lipinski definition) is 1. The number of rotatable bonds is 3. The third-order valence-electron chi connectivity index (χ3n) is 3.47. The maximum absolute atomic E-state index is 6.39. The quantitative estimate of drug-likeness (QED) is 0.641. The summed E-state index contributed by atoms with van der Waals surface area (Å²) in [5, 5.41) is 0. The van der Waals surface area contributed by atoms with E-state index in [-0.39, 0.29) is 16.6 Å².